The summed E-state index contributed by atoms with van der Waals surface area (Å²) in [4.78, 5) is 0.448. The second-order valence-corrected chi connectivity index (χ2v) is 7.93. The Balaban J connectivity index is 2.00. The number of nitrogens with one attached hydrogen (secondary N) is 1. The Kier molecular flexibility index (Phi) is 4.61. The molecule has 4 nitrogen and oxygen atoms in total. The molecule has 0 amide bonds. The van der Waals surface area contributed by atoms with E-state index in [0.29, 0.717) is 4.99 Å². The minimum Gasteiger partial charge on any atom is -0.393 e. The van der Waals surface area contributed by atoms with Crippen molar-refractivity contribution in [3.63, 3.8) is 0 Å². The van der Waals surface area contributed by atoms with Gasteiger partial charge in [0.1, 0.15) is 0 Å². The van der Waals surface area contributed by atoms with Crippen molar-refractivity contribution in [3.8, 4) is 0 Å². The molecule has 6 heteroatoms. The van der Waals surface area contributed by atoms with E-state index in [-0.39, 0.29) is 17.2 Å². The zero-order valence-corrected chi connectivity index (χ0v) is 12.2. The average Bonchev–Trinajstić information content (AvgIpc) is 2.78. The van der Waals surface area contributed by atoms with Crippen LogP contribution < -0.4 is 10.5 Å². The van der Waals surface area contributed by atoms with E-state index in [2.05, 4.69) is 4.72 Å². The second kappa shape index (κ2) is 5.84. The average molecular weight is 290 g/mol. The lowest BCUT2D eigenvalue weighted by atomic mass is 10.0. The number of nitrogens with two attached hydrogens (primary N) is 1. The molecule has 0 aromatic rings. The quantitative estimate of drug-likeness (QED) is 0.773. The number of sulfonamides is 1. The third-order valence-corrected chi connectivity index (χ3v) is 6.47. The summed E-state index contributed by atoms with van der Waals surface area (Å²) in [6.07, 6.45) is 7.55. The molecule has 2 fully saturated rings. The lowest BCUT2D eigenvalue weighted by Gasteiger charge is -2.26. The van der Waals surface area contributed by atoms with Crippen LogP contribution in [0.3, 0.4) is 0 Å². The van der Waals surface area contributed by atoms with Gasteiger partial charge in [-0.25, -0.2) is 13.1 Å². The molecule has 2 aliphatic rings. The summed E-state index contributed by atoms with van der Waals surface area (Å²) < 4.78 is 27.5. The van der Waals surface area contributed by atoms with Gasteiger partial charge in [0, 0.05) is 12.0 Å². The van der Waals surface area contributed by atoms with Crippen molar-refractivity contribution in [1.82, 2.24) is 4.72 Å². The minimum absolute atomic E-state index is 0.0402. The topological polar surface area (TPSA) is 72.2 Å². The molecular formula is C12H22N2O2S2. The predicted octanol–water partition coefficient (Wildman–Crippen LogP) is 1.69. The zero-order valence-electron chi connectivity index (χ0n) is 10.6. The van der Waals surface area contributed by atoms with Gasteiger partial charge in [-0.1, -0.05) is 37.9 Å². The van der Waals surface area contributed by atoms with Gasteiger partial charge >= 0.3 is 0 Å². The summed E-state index contributed by atoms with van der Waals surface area (Å²) in [7, 11) is -3.20. The highest BCUT2D eigenvalue weighted by molar-refractivity contribution is 7.90. The van der Waals surface area contributed by atoms with Gasteiger partial charge in [0.25, 0.3) is 0 Å². The summed E-state index contributed by atoms with van der Waals surface area (Å²) in [5, 5.41) is -0.209. The SMILES string of the molecule is NC(=S)C1CCCC1NS(=O)(=O)C1CCCCC1. The Morgan fingerprint density at radius 3 is 2.33 bits per heavy atom. The van der Waals surface area contributed by atoms with Crippen molar-refractivity contribution in [2.24, 2.45) is 11.7 Å². The number of hydrogen-bond donors (Lipinski definition) is 2. The van der Waals surface area contributed by atoms with Crippen molar-refractivity contribution >= 4 is 27.2 Å². The maximum atomic E-state index is 12.3. The Morgan fingerprint density at radius 2 is 1.72 bits per heavy atom. The van der Waals surface area contributed by atoms with E-state index >= 15 is 0 Å². The maximum Gasteiger partial charge on any atom is 0.214 e. The lowest BCUT2D eigenvalue weighted by Crippen LogP contribution is -2.45. The number of thiocarbonyl (C=S) groups is 1. The summed E-state index contributed by atoms with van der Waals surface area (Å²) in [5.41, 5.74) is 5.68. The van der Waals surface area contributed by atoms with Crippen LogP contribution in [0.4, 0.5) is 0 Å². The molecule has 2 saturated carbocycles. The molecule has 18 heavy (non-hydrogen) atoms. The van der Waals surface area contributed by atoms with E-state index in [1.165, 1.54) is 0 Å². The standard InChI is InChI=1S/C12H22N2O2S2/c13-12(17)10-7-4-8-11(10)14-18(15,16)9-5-2-1-3-6-9/h9-11,14H,1-8H2,(H2,13,17). The Bertz CT molecular complexity index is 402. The Morgan fingerprint density at radius 1 is 1.06 bits per heavy atom. The zero-order chi connectivity index (χ0) is 13.2. The van der Waals surface area contributed by atoms with E-state index in [1.807, 2.05) is 0 Å². The molecule has 2 atom stereocenters. The first-order valence-corrected chi connectivity index (χ1v) is 8.76. The fourth-order valence-corrected chi connectivity index (χ4v) is 5.26. The second-order valence-electron chi connectivity index (χ2n) is 5.47. The molecule has 0 bridgehead atoms. The Labute approximate surface area is 115 Å². The lowest BCUT2D eigenvalue weighted by molar-refractivity contribution is 0.463. The summed E-state index contributed by atoms with van der Waals surface area (Å²) in [5.74, 6) is 0.0402. The van der Waals surface area contributed by atoms with Crippen molar-refractivity contribution in [2.45, 2.75) is 62.7 Å². The highest BCUT2D eigenvalue weighted by Crippen LogP contribution is 2.29. The molecule has 0 aromatic heterocycles. The monoisotopic (exact) mass is 290 g/mol. The van der Waals surface area contributed by atoms with Crippen molar-refractivity contribution in [3.05, 3.63) is 0 Å². The summed E-state index contributed by atoms with van der Waals surface area (Å²) in [6.45, 7) is 0. The van der Waals surface area contributed by atoms with E-state index in [9.17, 15) is 8.42 Å². The van der Waals surface area contributed by atoms with E-state index < -0.39 is 10.0 Å². The molecule has 2 aliphatic carbocycles. The normalized spacial score (nSPS) is 30.4. The van der Waals surface area contributed by atoms with Crippen LogP contribution in [0.5, 0.6) is 0 Å². The molecule has 2 rings (SSSR count). The first kappa shape index (κ1) is 14.2. The van der Waals surface area contributed by atoms with Gasteiger partial charge in [-0.2, -0.15) is 0 Å². The Hall–Kier alpha value is -0.200. The highest BCUT2D eigenvalue weighted by atomic mass is 32.2. The largest absolute Gasteiger partial charge is 0.393 e. The molecule has 0 saturated heterocycles. The molecule has 104 valence electrons. The van der Waals surface area contributed by atoms with Crippen molar-refractivity contribution in [2.75, 3.05) is 0 Å². The van der Waals surface area contributed by atoms with Crippen LogP contribution in [-0.4, -0.2) is 24.7 Å². The van der Waals surface area contributed by atoms with Crippen LogP contribution in [0.25, 0.3) is 0 Å². The van der Waals surface area contributed by atoms with Crippen LogP contribution in [-0.2, 0) is 10.0 Å². The number of rotatable bonds is 4. The molecule has 0 spiro atoms. The van der Waals surface area contributed by atoms with Gasteiger partial charge in [0.2, 0.25) is 10.0 Å². The third-order valence-electron chi connectivity index (χ3n) is 4.19. The van der Waals surface area contributed by atoms with Crippen LogP contribution in [0.1, 0.15) is 51.4 Å². The minimum atomic E-state index is -3.20. The molecule has 0 heterocycles. The molecule has 3 N–H and O–H groups in total. The van der Waals surface area contributed by atoms with E-state index in [0.717, 1.165) is 51.4 Å². The molecule has 2 unspecified atom stereocenters. The van der Waals surface area contributed by atoms with Gasteiger partial charge in [0.05, 0.1) is 10.2 Å². The van der Waals surface area contributed by atoms with Gasteiger partial charge in [-0.05, 0) is 25.7 Å². The summed E-state index contributed by atoms with van der Waals surface area (Å²) in [6, 6.07) is -0.0746. The maximum absolute atomic E-state index is 12.3. The van der Waals surface area contributed by atoms with Crippen LogP contribution in [0.15, 0.2) is 0 Å². The van der Waals surface area contributed by atoms with Crippen LogP contribution >= 0.6 is 12.2 Å². The van der Waals surface area contributed by atoms with Gasteiger partial charge < -0.3 is 5.73 Å². The van der Waals surface area contributed by atoms with Gasteiger partial charge in [0.15, 0.2) is 0 Å². The smallest absolute Gasteiger partial charge is 0.214 e. The number of hydrogen-bond acceptors (Lipinski definition) is 3. The van der Waals surface area contributed by atoms with Gasteiger partial charge in [-0.15, -0.1) is 0 Å². The van der Waals surface area contributed by atoms with Crippen molar-refractivity contribution < 1.29 is 8.42 Å². The summed E-state index contributed by atoms with van der Waals surface area (Å²) >= 11 is 5.02. The highest BCUT2D eigenvalue weighted by Gasteiger charge is 2.35. The van der Waals surface area contributed by atoms with Crippen LogP contribution in [0.2, 0.25) is 0 Å². The molecule has 0 aromatic carbocycles. The predicted molar refractivity (Wildman–Crippen MR) is 76.8 cm³/mol. The fourth-order valence-electron chi connectivity index (χ4n) is 3.12. The molecule has 0 aliphatic heterocycles. The van der Waals surface area contributed by atoms with Crippen molar-refractivity contribution in [1.29, 1.82) is 0 Å². The molecule has 0 radical (unpaired) electrons. The van der Waals surface area contributed by atoms with E-state index in [4.69, 9.17) is 18.0 Å². The first-order chi connectivity index (χ1) is 8.50. The van der Waals surface area contributed by atoms with E-state index in [1.54, 1.807) is 0 Å². The third kappa shape index (κ3) is 3.22. The van der Waals surface area contributed by atoms with Gasteiger partial charge in [-0.3, -0.25) is 0 Å². The first-order valence-electron chi connectivity index (χ1n) is 6.81. The molecular weight excluding hydrogens is 268 g/mol. The van der Waals surface area contributed by atoms with Crippen LogP contribution in [0, 0.1) is 5.92 Å². The fraction of sp³-hybridized carbons (Fsp3) is 0.917.